The average molecular weight is 1390 g/mol. The Bertz CT molecular complexity index is 6450. The number of benzene rings is 14. The van der Waals surface area contributed by atoms with Gasteiger partial charge in [-0.2, -0.15) is 5.26 Å². The van der Waals surface area contributed by atoms with E-state index in [1.807, 2.05) is 24.3 Å². The Morgan fingerprint density at radius 3 is 1.28 bits per heavy atom. The zero-order chi connectivity index (χ0) is 77.9. The number of rotatable bonds is 9. The van der Waals surface area contributed by atoms with Gasteiger partial charge in [0.2, 0.25) is 0 Å². The van der Waals surface area contributed by atoms with Crippen LogP contribution in [0, 0.1) is 11.3 Å². The summed E-state index contributed by atoms with van der Waals surface area (Å²) in [7, 11) is 0. The Labute approximate surface area is 637 Å². The van der Waals surface area contributed by atoms with Crippen molar-refractivity contribution in [2.45, 2.75) is 105 Å². The van der Waals surface area contributed by atoms with Crippen LogP contribution in [-0.4, -0.2) is 15.8 Å². The van der Waals surface area contributed by atoms with Crippen LogP contribution in [0.2, 0.25) is 0 Å². The summed E-state index contributed by atoms with van der Waals surface area (Å²) in [6.07, 6.45) is 0. The zero-order valence-electron chi connectivity index (χ0n) is 67.8. The summed E-state index contributed by atoms with van der Waals surface area (Å²) in [5, 5.41) is 17.1. The summed E-state index contributed by atoms with van der Waals surface area (Å²) >= 11 is 0. The van der Waals surface area contributed by atoms with Gasteiger partial charge >= 0.3 is 0 Å². The molecule has 5 nitrogen and oxygen atoms in total. The Morgan fingerprint density at radius 2 is 0.729 bits per heavy atom. The van der Waals surface area contributed by atoms with Crippen LogP contribution >= 0.6 is 0 Å². The van der Waals surface area contributed by atoms with Gasteiger partial charge in [-0.1, -0.05) is 289 Å². The Kier molecular flexibility index (Phi) is 14.3. The second-order valence-corrected chi connectivity index (χ2v) is 33.4. The fraction of sp³-hybridized carbons (Fsp3) is 0.158. The van der Waals surface area contributed by atoms with E-state index in [-0.39, 0.29) is 39.3 Å². The van der Waals surface area contributed by atoms with Crippen molar-refractivity contribution in [1.29, 1.82) is 5.26 Å². The van der Waals surface area contributed by atoms with E-state index < -0.39 is 24.8 Å². The van der Waals surface area contributed by atoms with Crippen molar-refractivity contribution in [3.8, 4) is 73.1 Å². The van der Waals surface area contributed by atoms with E-state index in [1.165, 1.54) is 22.3 Å². The molecular formula is C101H86BN5. The van der Waals surface area contributed by atoms with E-state index >= 15 is 0 Å². The summed E-state index contributed by atoms with van der Waals surface area (Å²) in [6, 6.07) is 100.0. The highest BCUT2D eigenvalue weighted by Crippen LogP contribution is 2.51. The van der Waals surface area contributed by atoms with Crippen LogP contribution in [0.25, 0.3) is 111 Å². The van der Waals surface area contributed by atoms with Gasteiger partial charge in [-0.25, -0.2) is 0 Å². The third kappa shape index (κ3) is 11.4. The molecule has 16 aromatic rings. The fourth-order valence-corrected chi connectivity index (χ4v) is 16.7. The largest absolute Gasteiger partial charge is 0.311 e. The molecule has 6 heteroatoms. The first-order chi connectivity index (χ1) is 53.6. The average Bonchev–Trinajstić information content (AvgIpc) is 0.701. The van der Waals surface area contributed by atoms with Crippen LogP contribution in [0.4, 0.5) is 34.1 Å². The smallest absolute Gasteiger partial charge is 0.252 e. The molecule has 0 aliphatic carbocycles. The number of hydrogen-bond acceptors (Lipinski definition) is 3. The van der Waals surface area contributed by atoms with Crippen LogP contribution in [0.3, 0.4) is 0 Å². The maximum Gasteiger partial charge on any atom is 0.252 e. The van der Waals surface area contributed by atoms with E-state index in [9.17, 15) is 8.00 Å². The molecule has 0 saturated carbocycles. The maximum absolute atomic E-state index is 12.7. The van der Waals surface area contributed by atoms with Crippen molar-refractivity contribution in [2.75, 3.05) is 9.80 Å². The second-order valence-electron chi connectivity index (χ2n) is 33.4. The SMILES string of the molecule is [2H]c1c([2H])c([2H])c(-c2ccc3c(c2)N(c2cc(-c4ccccc4)cc(-c4ccccc4)c2)c2cc(-n4c5ccc(C(C)(C)C)cc5c5cc(C(C)(C)C)ccc54)cc4c2B3c2ccc(-c3cc(C(C)(C)C)cc(C(C)(C)C)c3)cc2N4c2cccc(-n3c4ccccc4c4cc(-c5ccccc5)ccc43)c2C#N)c([2H])c1[2H]. The van der Waals surface area contributed by atoms with E-state index in [0.29, 0.717) is 16.8 Å². The summed E-state index contributed by atoms with van der Waals surface area (Å²) in [6.45, 7) is 26.9. The zero-order valence-corrected chi connectivity index (χ0v) is 62.8. The first-order valence-electron chi connectivity index (χ1n) is 39.9. The lowest BCUT2D eigenvalue weighted by Crippen LogP contribution is -2.61. The minimum Gasteiger partial charge on any atom is -0.311 e. The predicted molar refractivity (Wildman–Crippen MR) is 456 cm³/mol. The van der Waals surface area contributed by atoms with Crippen molar-refractivity contribution in [3.05, 3.63) is 331 Å². The van der Waals surface area contributed by atoms with Gasteiger partial charge in [0.25, 0.3) is 6.71 Å². The normalized spacial score (nSPS) is 13.6. The molecule has 0 amide bonds. The van der Waals surface area contributed by atoms with Crippen molar-refractivity contribution in [2.24, 2.45) is 0 Å². The monoisotopic (exact) mass is 1380 g/mol. The summed E-state index contributed by atoms with van der Waals surface area (Å²) in [5.74, 6) is 0. The molecule has 0 unspecified atom stereocenters. The molecule has 0 radical (unpaired) electrons. The first-order valence-corrected chi connectivity index (χ1v) is 37.4. The van der Waals surface area contributed by atoms with Gasteiger partial charge in [0.15, 0.2) is 0 Å². The first kappa shape index (κ1) is 61.2. The van der Waals surface area contributed by atoms with Crippen LogP contribution < -0.4 is 26.2 Å². The molecule has 14 aromatic carbocycles. The molecule has 518 valence electrons. The van der Waals surface area contributed by atoms with Gasteiger partial charge in [0.05, 0.1) is 46.0 Å². The van der Waals surface area contributed by atoms with Crippen LogP contribution in [0.1, 0.15) is 118 Å². The number of anilines is 6. The highest BCUT2D eigenvalue weighted by molar-refractivity contribution is 7.00. The van der Waals surface area contributed by atoms with Crippen molar-refractivity contribution < 1.29 is 6.85 Å². The van der Waals surface area contributed by atoms with E-state index in [4.69, 9.17) is 4.11 Å². The lowest BCUT2D eigenvalue weighted by atomic mass is 9.33. The second kappa shape index (κ2) is 25.0. The van der Waals surface area contributed by atoms with Crippen molar-refractivity contribution in [3.63, 3.8) is 0 Å². The number of fused-ring (bicyclic) bond motifs is 10. The highest BCUT2D eigenvalue weighted by Gasteiger charge is 2.45. The van der Waals surface area contributed by atoms with Crippen molar-refractivity contribution in [1.82, 2.24) is 9.13 Å². The molecule has 2 aliphatic heterocycles. The number of nitrogens with zero attached hydrogens (tertiary/aromatic N) is 5. The minimum absolute atomic E-state index is 0.113. The van der Waals surface area contributed by atoms with Crippen LogP contribution in [0.15, 0.2) is 303 Å². The van der Waals surface area contributed by atoms with E-state index in [2.05, 4.69) is 357 Å². The van der Waals surface area contributed by atoms with Gasteiger partial charge in [0.1, 0.15) is 11.6 Å². The molecular weight excluding hydrogens is 1290 g/mol. The summed E-state index contributed by atoms with van der Waals surface area (Å²) in [4.78, 5) is 4.78. The molecule has 0 fully saturated rings. The molecule has 0 spiro atoms. The molecule has 2 aliphatic rings. The van der Waals surface area contributed by atoms with Crippen LogP contribution in [-0.2, 0) is 21.7 Å². The van der Waals surface area contributed by atoms with E-state index in [0.717, 1.165) is 144 Å². The topological polar surface area (TPSA) is 40.1 Å². The third-order valence-corrected chi connectivity index (χ3v) is 22.4. The molecule has 0 saturated heterocycles. The fourth-order valence-electron chi connectivity index (χ4n) is 16.7. The standard InChI is InChI=1S/C101H86BN5/c1-98(2,3)74-43-48-90-82(59-74)83-60-75(99(4,5)6)44-49-91(83)104(90)79-61-95-97-96(62-79)107(89-39-27-38-88(84(89)63-103)106-87-37-26-25-36-80(87)81-55-68(42-47-92(81)106)64-28-17-13-18-29-64)94-57-70(73-51-76(100(7,8)9)58-77(52-73)101(10,11)12)41-46-86(94)102(97)85-45-40-69(65-30-19-14-20-31-65)56-93(85)105(95)78-53-71(66-32-21-15-22-33-66)50-72(54-78)67-34-23-16-24-35-67/h13-62H,1-12H3/i14D,19D,20D,30D,31D. The van der Waals surface area contributed by atoms with Gasteiger partial charge in [-0.15, -0.1) is 0 Å². The Hall–Kier alpha value is -12.2. The molecule has 0 N–H and O–H groups in total. The number of aromatic nitrogens is 2. The van der Waals surface area contributed by atoms with Gasteiger partial charge in [-0.3, -0.25) is 0 Å². The molecule has 2 aromatic heterocycles. The molecule has 4 heterocycles. The molecule has 107 heavy (non-hydrogen) atoms. The molecule has 0 atom stereocenters. The highest BCUT2D eigenvalue weighted by atomic mass is 15.2. The van der Waals surface area contributed by atoms with Gasteiger partial charge < -0.3 is 18.9 Å². The number of para-hydroxylation sites is 1. The third-order valence-electron chi connectivity index (χ3n) is 22.4. The molecule has 18 rings (SSSR count). The quantitative estimate of drug-likeness (QED) is 0.135. The number of hydrogen-bond donors (Lipinski definition) is 0. The van der Waals surface area contributed by atoms with Crippen LogP contribution in [0.5, 0.6) is 0 Å². The molecule has 0 bridgehead atoms. The predicted octanol–water partition coefficient (Wildman–Crippen LogP) is 25.4. The summed E-state index contributed by atoms with van der Waals surface area (Å²) in [5.41, 5.74) is 27.1. The minimum atomic E-state index is -0.497. The van der Waals surface area contributed by atoms with Gasteiger partial charge in [0, 0.05) is 50.0 Å². The lowest BCUT2D eigenvalue weighted by molar-refractivity contribution is 0.569. The maximum atomic E-state index is 12.7. The number of nitriles is 1. The Balaban J connectivity index is 1.02. The van der Waals surface area contributed by atoms with E-state index in [1.54, 1.807) is 0 Å². The Morgan fingerprint density at radius 1 is 0.290 bits per heavy atom. The lowest BCUT2D eigenvalue weighted by Gasteiger charge is -2.45. The van der Waals surface area contributed by atoms with Crippen molar-refractivity contribution >= 4 is 101 Å². The van der Waals surface area contributed by atoms with Gasteiger partial charge in [-0.05, 0) is 213 Å². The summed E-state index contributed by atoms with van der Waals surface area (Å²) < 4.78 is 51.0.